The first-order valence-electron chi connectivity index (χ1n) is 16.4. The van der Waals surface area contributed by atoms with Crippen molar-refractivity contribution in [1.82, 2.24) is 0 Å². The molecule has 0 heterocycles. The zero-order valence-corrected chi connectivity index (χ0v) is 23.7. The summed E-state index contributed by atoms with van der Waals surface area (Å²) in [6.45, 7) is 4.69. The van der Waals surface area contributed by atoms with E-state index in [1.54, 1.807) is 19.3 Å². The van der Waals surface area contributed by atoms with E-state index in [0.29, 0.717) is 0 Å². The van der Waals surface area contributed by atoms with Crippen LogP contribution in [-0.4, -0.2) is 0 Å². The Labute approximate surface area is 211 Å². The Hall–Kier alpha value is 0. The van der Waals surface area contributed by atoms with E-state index in [1.807, 2.05) is 0 Å². The van der Waals surface area contributed by atoms with Crippen molar-refractivity contribution in [3.63, 3.8) is 0 Å². The number of hydrogen-bond donors (Lipinski definition) is 0. The van der Waals surface area contributed by atoms with Gasteiger partial charge < -0.3 is 0 Å². The average molecular weight is 463 g/mol. The van der Waals surface area contributed by atoms with Crippen LogP contribution in [-0.2, 0) is 0 Å². The van der Waals surface area contributed by atoms with Gasteiger partial charge in [-0.3, -0.25) is 0 Å². The highest BCUT2D eigenvalue weighted by Gasteiger charge is 2.20. The minimum Gasteiger partial charge on any atom is -0.0654 e. The fraction of sp³-hybridized carbons (Fsp3) is 1.00. The van der Waals surface area contributed by atoms with Crippen LogP contribution >= 0.6 is 0 Å². The summed E-state index contributed by atoms with van der Waals surface area (Å²) in [5.41, 5.74) is 0. The fourth-order valence-corrected chi connectivity index (χ4v) is 6.36. The van der Waals surface area contributed by atoms with Crippen LogP contribution in [0.15, 0.2) is 0 Å². The van der Waals surface area contributed by atoms with Gasteiger partial charge in [-0.05, 0) is 11.8 Å². The second kappa shape index (κ2) is 25.1. The minimum absolute atomic E-state index is 1.05. The number of unbranched alkanes of at least 4 members (excludes halogenated alkanes) is 13. The lowest BCUT2D eigenvalue weighted by molar-refractivity contribution is 0.237. The van der Waals surface area contributed by atoms with Crippen LogP contribution in [0.3, 0.4) is 0 Å². The van der Waals surface area contributed by atoms with Gasteiger partial charge >= 0.3 is 0 Å². The van der Waals surface area contributed by atoms with E-state index in [1.165, 1.54) is 167 Å². The van der Waals surface area contributed by atoms with Crippen molar-refractivity contribution in [3.8, 4) is 0 Å². The van der Waals surface area contributed by atoms with E-state index in [9.17, 15) is 0 Å². The summed E-state index contributed by atoms with van der Waals surface area (Å²) in [6, 6.07) is 0. The predicted molar refractivity (Wildman–Crippen MR) is 152 cm³/mol. The molecule has 0 radical (unpaired) electrons. The normalized spacial score (nSPS) is 18.4. The molecule has 198 valence electrons. The van der Waals surface area contributed by atoms with E-state index >= 15 is 0 Å². The zero-order chi connectivity index (χ0) is 23.7. The molecule has 0 aromatic rings. The van der Waals surface area contributed by atoms with Gasteiger partial charge in [0.25, 0.3) is 0 Å². The van der Waals surface area contributed by atoms with Crippen LogP contribution in [0.4, 0.5) is 0 Å². The molecule has 0 saturated heterocycles. The summed E-state index contributed by atoms with van der Waals surface area (Å²) < 4.78 is 0. The van der Waals surface area contributed by atoms with E-state index in [-0.39, 0.29) is 0 Å². The lowest BCUT2D eigenvalue weighted by Crippen LogP contribution is -2.16. The summed E-state index contributed by atoms with van der Waals surface area (Å²) in [7, 11) is 0. The van der Waals surface area contributed by atoms with Crippen molar-refractivity contribution in [3.05, 3.63) is 0 Å². The minimum atomic E-state index is 1.05. The smallest absolute Gasteiger partial charge is 0.0386 e. The van der Waals surface area contributed by atoms with Gasteiger partial charge in [-0.1, -0.05) is 200 Å². The van der Waals surface area contributed by atoms with Gasteiger partial charge in [0.15, 0.2) is 0 Å². The van der Waals surface area contributed by atoms with Gasteiger partial charge in [-0.15, -0.1) is 0 Å². The van der Waals surface area contributed by atoms with Crippen LogP contribution in [0, 0.1) is 11.8 Å². The monoisotopic (exact) mass is 463 g/mol. The van der Waals surface area contributed by atoms with Crippen molar-refractivity contribution in [2.45, 2.75) is 200 Å². The van der Waals surface area contributed by atoms with Crippen LogP contribution in [0.5, 0.6) is 0 Å². The molecule has 1 atom stereocenters. The second-order valence-electron chi connectivity index (χ2n) is 11.8. The molecule has 0 N–H and O–H groups in total. The summed E-state index contributed by atoms with van der Waals surface area (Å²) in [5, 5.41) is 0. The van der Waals surface area contributed by atoms with Crippen molar-refractivity contribution in [2.24, 2.45) is 11.8 Å². The van der Waals surface area contributed by atoms with Gasteiger partial charge in [0, 0.05) is 0 Å². The SMILES string of the molecule is CCCCCCCCCCCCCCC(CCCCC)C1CCCCCCCCCCCC1. The Balaban J connectivity index is 2.26. The Morgan fingerprint density at radius 3 is 1.12 bits per heavy atom. The Morgan fingerprint density at radius 2 is 0.697 bits per heavy atom. The molecular formula is C33H66. The van der Waals surface area contributed by atoms with Crippen molar-refractivity contribution >= 4 is 0 Å². The average Bonchev–Trinajstić information content (AvgIpc) is 2.85. The Morgan fingerprint density at radius 1 is 0.394 bits per heavy atom. The van der Waals surface area contributed by atoms with E-state index in [2.05, 4.69) is 13.8 Å². The maximum atomic E-state index is 2.37. The van der Waals surface area contributed by atoms with Crippen molar-refractivity contribution in [2.75, 3.05) is 0 Å². The maximum absolute atomic E-state index is 2.37. The molecule has 1 saturated carbocycles. The van der Waals surface area contributed by atoms with Crippen LogP contribution < -0.4 is 0 Å². The molecule has 1 rings (SSSR count). The molecule has 0 aromatic heterocycles. The lowest BCUT2D eigenvalue weighted by atomic mass is 9.78. The molecule has 1 aliphatic rings. The summed E-state index contributed by atoms with van der Waals surface area (Å²) in [5.74, 6) is 2.10. The van der Waals surface area contributed by atoms with Gasteiger partial charge in [0.1, 0.15) is 0 Å². The molecule has 1 unspecified atom stereocenters. The molecule has 0 amide bonds. The van der Waals surface area contributed by atoms with Gasteiger partial charge in [-0.2, -0.15) is 0 Å². The summed E-state index contributed by atoms with van der Waals surface area (Å²) in [6.07, 6.45) is 43.4. The Kier molecular flexibility index (Phi) is 23.6. The predicted octanol–water partition coefficient (Wildman–Crippen LogP) is 12.6. The highest BCUT2D eigenvalue weighted by molar-refractivity contribution is 4.72. The number of hydrogen-bond acceptors (Lipinski definition) is 0. The molecule has 33 heavy (non-hydrogen) atoms. The van der Waals surface area contributed by atoms with E-state index in [0.717, 1.165) is 11.8 Å². The molecule has 0 nitrogen and oxygen atoms in total. The van der Waals surface area contributed by atoms with Crippen LogP contribution in [0.1, 0.15) is 200 Å². The van der Waals surface area contributed by atoms with Crippen LogP contribution in [0.2, 0.25) is 0 Å². The molecule has 1 fully saturated rings. The fourth-order valence-electron chi connectivity index (χ4n) is 6.36. The molecule has 0 aromatic carbocycles. The third-order valence-electron chi connectivity index (χ3n) is 8.67. The first-order valence-corrected chi connectivity index (χ1v) is 16.4. The highest BCUT2D eigenvalue weighted by Crippen LogP contribution is 2.33. The second-order valence-corrected chi connectivity index (χ2v) is 11.8. The lowest BCUT2D eigenvalue weighted by Gasteiger charge is -2.28. The van der Waals surface area contributed by atoms with E-state index in [4.69, 9.17) is 0 Å². The first kappa shape index (κ1) is 31.0. The summed E-state index contributed by atoms with van der Waals surface area (Å²) >= 11 is 0. The zero-order valence-electron chi connectivity index (χ0n) is 23.7. The molecule has 1 aliphatic carbocycles. The third kappa shape index (κ3) is 19.9. The largest absolute Gasteiger partial charge is 0.0654 e. The van der Waals surface area contributed by atoms with Crippen molar-refractivity contribution < 1.29 is 0 Å². The molecule has 0 aliphatic heterocycles. The molecule has 0 bridgehead atoms. The highest BCUT2D eigenvalue weighted by atomic mass is 14.3. The maximum Gasteiger partial charge on any atom is -0.0386 e. The van der Waals surface area contributed by atoms with Crippen LogP contribution in [0.25, 0.3) is 0 Å². The molecular weight excluding hydrogens is 396 g/mol. The topological polar surface area (TPSA) is 0 Å². The number of rotatable bonds is 18. The van der Waals surface area contributed by atoms with Gasteiger partial charge in [-0.25, -0.2) is 0 Å². The van der Waals surface area contributed by atoms with Gasteiger partial charge in [0.2, 0.25) is 0 Å². The summed E-state index contributed by atoms with van der Waals surface area (Å²) in [4.78, 5) is 0. The van der Waals surface area contributed by atoms with Crippen molar-refractivity contribution in [1.29, 1.82) is 0 Å². The first-order chi connectivity index (χ1) is 16.4. The Bertz CT molecular complexity index is 345. The van der Waals surface area contributed by atoms with Gasteiger partial charge in [0.05, 0.1) is 0 Å². The third-order valence-corrected chi connectivity index (χ3v) is 8.67. The quantitative estimate of drug-likeness (QED) is 0.178. The van der Waals surface area contributed by atoms with E-state index < -0.39 is 0 Å². The molecule has 0 spiro atoms. The standard InChI is InChI=1S/C33H66/c1-3-5-7-8-9-10-11-12-15-18-21-25-29-32(28-24-6-4-2)33-30-26-22-19-16-13-14-17-20-23-27-31-33/h32-33H,3-31H2,1-2H3. The molecule has 0 heteroatoms.